The minimum Gasteiger partial charge on any atom is -0.481 e. The van der Waals surface area contributed by atoms with E-state index in [1.54, 1.807) is 62.4 Å². The lowest BCUT2D eigenvalue weighted by atomic mass is 9.97. The Balaban J connectivity index is 1.89. The zero-order chi connectivity index (χ0) is 38.4. The van der Waals surface area contributed by atoms with E-state index in [1.165, 1.54) is 0 Å². The van der Waals surface area contributed by atoms with Gasteiger partial charge in [-0.05, 0) is 27.8 Å². The first kappa shape index (κ1) is 40.7. The van der Waals surface area contributed by atoms with E-state index in [-0.39, 0.29) is 13.0 Å². The number of aliphatic carboxylic acids is 2. The number of carboxylic acids is 2. The Morgan fingerprint density at radius 1 is 0.731 bits per heavy atom. The van der Waals surface area contributed by atoms with Crippen LogP contribution in [0.2, 0.25) is 0 Å². The summed E-state index contributed by atoms with van der Waals surface area (Å²) in [6.07, 6.45) is -0.778. The van der Waals surface area contributed by atoms with Crippen LogP contribution in [0.5, 0.6) is 0 Å². The van der Waals surface area contributed by atoms with E-state index in [9.17, 15) is 47.4 Å². The largest absolute Gasteiger partial charge is 0.481 e. The molecule has 16 heteroatoms. The fraction of sp³-hybridized carbons (Fsp3) is 0.333. The number of nitrogens with one attached hydrogen (secondary N) is 4. The maximum Gasteiger partial charge on any atom is 0.408 e. The number of amides is 4. The summed E-state index contributed by atoms with van der Waals surface area (Å²) in [5, 5.41) is 31.0. The predicted octanol–water partition coefficient (Wildman–Crippen LogP) is 2.30. The lowest BCUT2D eigenvalue weighted by molar-refractivity contribution is -0.140. The standard InChI is InChI=1S/C36H42N4O11S/c1-22(2)32(35(47)37-26(19-30(41)42)16-17-52(3,49)50)40-34(46)28(18-25-14-9-13-24-12-7-8-15-27(24)25)38-33(45)29(20-31(43)44)39-36(48)51-21-23-10-5-4-6-11-23/h4-17,22,26,28-29,32H,18-21H2,1-3H3,(H,37,47)(H,38,45)(H,39,48)(H,40,46)(H,41,42)(H,43,44)/b17-16+/t26-,28+,29+,32-/m1/s1. The topological polar surface area (TPSA) is 234 Å². The highest BCUT2D eigenvalue weighted by molar-refractivity contribution is 7.93. The Morgan fingerprint density at radius 3 is 1.98 bits per heavy atom. The van der Waals surface area contributed by atoms with Crippen molar-refractivity contribution in [3.05, 3.63) is 95.4 Å². The first-order valence-corrected chi connectivity index (χ1v) is 18.1. The fourth-order valence-electron chi connectivity index (χ4n) is 5.12. The Morgan fingerprint density at radius 2 is 1.35 bits per heavy atom. The van der Waals surface area contributed by atoms with Crippen molar-refractivity contribution in [3.8, 4) is 0 Å². The molecular weight excluding hydrogens is 696 g/mol. The minimum atomic E-state index is -3.66. The number of rotatable bonds is 18. The number of carbonyl (C=O) groups is 6. The molecule has 0 saturated heterocycles. The lowest BCUT2D eigenvalue weighted by Crippen LogP contribution is -2.59. The molecule has 6 N–H and O–H groups in total. The summed E-state index contributed by atoms with van der Waals surface area (Å²) in [4.78, 5) is 76.7. The third-order valence-electron chi connectivity index (χ3n) is 7.66. The fourth-order valence-corrected chi connectivity index (χ4v) is 5.59. The molecule has 278 valence electrons. The Bertz CT molecular complexity index is 1890. The number of alkyl carbamates (subject to hydrolysis) is 1. The molecule has 52 heavy (non-hydrogen) atoms. The van der Waals surface area contributed by atoms with Gasteiger partial charge in [0.05, 0.1) is 18.9 Å². The molecule has 0 radical (unpaired) electrons. The van der Waals surface area contributed by atoms with Gasteiger partial charge in [0.25, 0.3) is 0 Å². The maximum absolute atomic E-state index is 14.0. The van der Waals surface area contributed by atoms with E-state index in [0.717, 1.165) is 28.5 Å². The summed E-state index contributed by atoms with van der Waals surface area (Å²) in [6, 6.07) is 15.7. The summed E-state index contributed by atoms with van der Waals surface area (Å²) < 4.78 is 28.5. The number of fused-ring (bicyclic) bond motifs is 1. The van der Waals surface area contributed by atoms with Gasteiger partial charge < -0.3 is 36.2 Å². The van der Waals surface area contributed by atoms with E-state index >= 15 is 0 Å². The molecule has 3 rings (SSSR count). The molecule has 0 fully saturated rings. The van der Waals surface area contributed by atoms with Gasteiger partial charge in [0.15, 0.2) is 9.84 Å². The molecular formula is C36H42N4O11S. The van der Waals surface area contributed by atoms with Crippen LogP contribution in [0, 0.1) is 5.92 Å². The summed E-state index contributed by atoms with van der Waals surface area (Å²) in [5.74, 6) is -6.01. The van der Waals surface area contributed by atoms with Crippen molar-refractivity contribution in [2.45, 2.75) is 63.9 Å². The first-order chi connectivity index (χ1) is 24.5. The summed E-state index contributed by atoms with van der Waals surface area (Å²) in [6.45, 7) is 3.06. The average Bonchev–Trinajstić information content (AvgIpc) is 3.07. The van der Waals surface area contributed by atoms with E-state index in [1.807, 2.05) is 24.3 Å². The summed E-state index contributed by atoms with van der Waals surface area (Å²) in [7, 11) is -3.66. The van der Waals surface area contributed by atoms with Crippen molar-refractivity contribution in [1.82, 2.24) is 21.3 Å². The molecule has 0 aliphatic heterocycles. The second-order valence-electron chi connectivity index (χ2n) is 12.4. The van der Waals surface area contributed by atoms with Gasteiger partial charge in [0.1, 0.15) is 24.7 Å². The van der Waals surface area contributed by atoms with Crippen LogP contribution in [0.15, 0.2) is 84.3 Å². The number of hydrogen-bond donors (Lipinski definition) is 6. The SMILES string of the molecule is CC(C)[C@@H](NC(=O)[C@H](Cc1cccc2ccccc12)NC(=O)[C@H](CC(=O)O)NC(=O)OCc1ccccc1)C(=O)N[C@H](/C=C/S(C)(=O)=O)CC(=O)O. The average molecular weight is 739 g/mol. The minimum absolute atomic E-state index is 0.123. The molecule has 0 heterocycles. The molecule has 0 aliphatic rings. The van der Waals surface area contributed by atoms with E-state index in [0.29, 0.717) is 11.1 Å². The van der Waals surface area contributed by atoms with Crippen LogP contribution in [0.4, 0.5) is 4.79 Å². The van der Waals surface area contributed by atoms with Gasteiger partial charge in [-0.1, -0.05) is 92.7 Å². The van der Waals surface area contributed by atoms with Gasteiger partial charge in [-0.15, -0.1) is 0 Å². The molecule has 0 spiro atoms. The highest BCUT2D eigenvalue weighted by Gasteiger charge is 2.33. The van der Waals surface area contributed by atoms with Crippen LogP contribution in [0.25, 0.3) is 10.8 Å². The Kier molecular flexibility index (Phi) is 14.9. The molecule has 3 aromatic rings. The summed E-state index contributed by atoms with van der Waals surface area (Å²) >= 11 is 0. The molecule has 0 aliphatic carbocycles. The Labute approximate surface area is 300 Å². The Hall–Kier alpha value is -5.77. The number of benzene rings is 3. The van der Waals surface area contributed by atoms with Gasteiger partial charge >= 0.3 is 18.0 Å². The van der Waals surface area contributed by atoms with Gasteiger partial charge in [0, 0.05) is 18.1 Å². The maximum atomic E-state index is 14.0. The summed E-state index contributed by atoms with van der Waals surface area (Å²) in [5.41, 5.74) is 1.27. The zero-order valence-electron chi connectivity index (χ0n) is 28.8. The first-order valence-electron chi connectivity index (χ1n) is 16.2. The van der Waals surface area contributed by atoms with E-state index < -0.39 is 88.5 Å². The number of hydrogen-bond acceptors (Lipinski definition) is 9. The second-order valence-corrected chi connectivity index (χ2v) is 14.3. The quantitative estimate of drug-likeness (QED) is 0.111. The van der Waals surface area contributed by atoms with Crippen molar-refractivity contribution < 1.29 is 52.1 Å². The number of ether oxygens (including phenoxy) is 1. The molecule has 0 unspecified atom stereocenters. The second kappa shape index (κ2) is 19.0. The predicted molar refractivity (Wildman–Crippen MR) is 190 cm³/mol. The van der Waals surface area contributed by atoms with E-state index in [2.05, 4.69) is 21.3 Å². The van der Waals surface area contributed by atoms with Gasteiger partial charge in [0.2, 0.25) is 17.7 Å². The molecule has 4 amide bonds. The smallest absolute Gasteiger partial charge is 0.408 e. The third-order valence-corrected chi connectivity index (χ3v) is 8.32. The number of carbonyl (C=O) groups excluding carboxylic acids is 4. The highest BCUT2D eigenvalue weighted by atomic mass is 32.2. The van der Waals surface area contributed by atoms with Crippen molar-refractivity contribution in [2.75, 3.05) is 6.26 Å². The molecule has 0 bridgehead atoms. The van der Waals surface area contributed by atoms with Crippen LogP contribution in [0.3, 0.4) is 0 Å². The zero-order valence-corrected chi connectivity index (χ0v) is 29.6. The van der Waals surface area contributed by atoms with Crippen molar-refractivity contribution in [3.63, 3.8) is 0 Å². The molecule has 15 nitrogen and oxygen atoms in total. The van der Waals surface area contributed by atoms with Crippen molar-refractivity contribution in [1.29, 1.82) is 0 Å². The van der Waals surface area contributed by atoms with Gasteiger partial charge in [-0.25, -0.2) is 13.2 Å². The van der Waals surface area contributed by atoms with Crippen molar-refractivity contribution >= 4 is 56.4 Å². The molecule has 3 aromatic carbocycles. The van der Waals surface area contributed by atoms with Crippen LogP contribution in [0.1, 0.15) is 37.8 Å². The lowest BCUT2D eigenvalue weighted by Gasteiger charge is -2.27. The van der Waals surface area contributed by atoms with Crippen LogP contribution in [-0.2, 0) is 51.6 Å². The number of sulfone groups is 1. The molecule has 0 saturated carbocycles. The van der Waals surface area contributed by atoms with Crippen LogP contribution in [-0.4, -0.2) is 84.8 Å². The highest BCUT2D eigenvalue weighted by Crippen LogP contribution is 2.20. The molecule has 0 aromatic heterocycles. The van der Waals surface area contributed by atoms with Crippen molar-refractivity contribution in [2.24, 2.45) is 5.92 Å². The van der Waals surface area contributed by atoms with Crippen LogP contribution >= 0.6 is 0 Å². The third kappa shape index (κ3) is 13.5. The molecule has 4 atom stereocenters. The number of carboxylic acid groups (broad SMARTS) is 2. The van der Waals surface area contributed by atoms with Crippen LogP contribution < -0.4 is 21.3 Å². The normalized spacial score (nSPS) is 13.8. The monoisotopic (exact) mass is 738 g/mol. The van der Waals surface area contributed by atoms with E-state index in [4.69, 9.17) is 4.74 Å². The van der Waals surface area contributed by atoms with Gasteiger partial charge in [-0.3, -0.25) is 24.0 Å². The van der Waals surface area contributed by atoms with Gasteiger partial charge in [-0.2, -0.15) is 0 Å².